The van der Waals surface area contributed by atoms with Gasteiger partial charge in [-0.25, -0.2) is 4.98 Å². The molecule has 1 unspecified atom stereocenters. The third-order valence-corrected chi connectivity index (χ3v) is 4.65. The van der Waals surface area contributed by atoms with E-state index in [1.54, 1.807) is 11.3 Å². The van der Waals surface area contributed by atoms with E-state index in [1.807, 2.05) is 56.5 Å². The second kappa shape index (κ2) is 5.64. The Kier molecular flexibility index (Phi) is 4.28. The molecule has 1 heterocycles. The number of hydrogen-bond donors (Lipinski definition) is 2. The van der Waals surface area contributed by atoms with Crippen LogP contribution in [0.25, 0.3) is 11.3 Å². The molecule has 3 N–H and O–H groups in total. The second-order valence-electron chi connectivity index (χ2n) is 6.15. The first kappa shape index (κ1) is 15.2. The number of aromatic nitrogens is 1. The predicted molar refractivity (Wildman–Crippen MR) is 84.7 cm³/mol. The molecule has 0 aliphatic heterocycles. The van der Waals surface area contributed by atoms with Gasteiger partial charge >= 0.3 is 0 Å². The van der Waals surface area contributed by atoms with Crippen LogP contribution in [0.2, 0.25) is 0 Å². The molecule has 2 rings (SSSR count). The Morgan fingerprint density at radius 3 is 2.40 bits per heavy atom. The van der Waals surface area contributed by atoms with Crippen LogP contribution in [0.4, 0.5) is 0 Å². The summed E-state index contributed by atoms with van der Waals surface area (Å²) in [7, 11) is 0. The van der Waals surface area contributed by atoms with Gasteiger partial charge in [0.05, 0.1) is 16.3 Å². The highest BCUT2D eigenvalue weighted by atomic mass is 32.1. The summed E-state index contributed by atoms with van der Waals surface area (Å²) in [6.45, 7) is 6.25. The van der Waals surface area contributed by atoms with Crippen molar-refractivity contribution in [1.82, 2.24) is 4.98 Å². The smallest absolute Gasteiger partial charge is 0.0962 e. The normalized spacial score (nSPS) is 15.1. The molecule has 4 heteroatoms. The lowest BCUT2D eigenvalue weighted by Crippen LogP contribution is -2.50. The fourth-order valence-electron chi connectivity index (χ4n) is 2.03. The van der Waals surface area contributed by atoms with Crippen molar-refractivity contribution in [2.75, 3.05) is 6.54 Å². The van der Waals surface area contributed by atoms with Gasteiger partial charge in [-0.2, -0.15) is 0 Å². The second-order valence-corrected chi connectivity index (χ2v) is 7.10. The number of nitrogens with two attached hydrogens (primary N) is 1. The molecular weight excluding hydrogens is 268 g/mol. The lowest BCUT2D eigenvalue weighted by atomic mass is 9.74. The van der Waals surface area contributed by atoms with Crippen LogP contribution in [0.5, 0.6) is 0 Å². The van der Waals surface area contributed by atoms with Gasteiger partial charge in [-0.15, -0.1) is 11.3 Å². The summed E-state index contributed by atoms with van der Waals surface area (Å²) < 4.78 is 0. The van der Waals surface area contributed by atoms with Crippen molar-refractivity contribution < 1.29 is 5.11 Å². The molecule has 0 radical (unpaired) electrons. The number of rotatable bonds is 4. The van der Waals surface area contributed by atoms with E-state index < -0.39 is 5.60 Å². The van der Waals surface area contributed by atoms with E-state index in [4.69, 9.17) is 5.73 Å². The van der Waals surface area contributed by atoms with Crippen LogP contribution in [0.15, 0.2) is 35.7 Å². The van der Waals surface area contributed by atoms with Crippen molar-refractivity contribution in [2.45, 2.75) is 32.8 Å². The zero-order chi connectivity index (χ0) is 14.8. The number of thiazole rings is 1. The lowest BCUT2D eigenvalue weighted by molar-refractivity contribution is -0.0490. The summed E-state index contributed by atoms with van der Waals surface area (Å²) in [5.41, 5.74) is 6.63. The van der Waals surface area contributed by atoms with Crippen molar-refractivity contribution in [3.05, 3.63) is 40.7 Å². The molecule has 1 aromatic carbocycles. The maximum absolute atomic E-state index is 10.7. The molecule has 20 heavy (non-hydrogen) atoms. The third-order valence-electron chi connectivity index (χ3n) is 3.80. The maximum Gasteiger partial charge on any atom is 0.0962 e. The van der Waals surface area contributed by atoms with Gasteiger partial charge in [-0.3, -0.25) is 0 Å². The number of aliphatic hydroxyl groups is 1. The van der Waals surface area contributed by atoms with E-state index in [-0.39, 0.29) is 12.0 Å². The standard InChI is InChI=1S/C16H22N2OS/c1-15(2,3)16(19,11-17)9-14-18-13(10-20-14)12-7-5-4-6-8-12/h4-8,10,19H,9,11,17H2,1-3H3. The van der Waals surface area contributed by atoms with Crippen molar-refractivity contribution in [3.63, 3.8) is 0 Å². The molecule has 1 atom stereocenters. The van der Waals surface area contributed by atoms with Gasteiger partial charge in [0.25, 0.3) is 0 Å². The monoisotopic (exact) mass is 290 g/mol. The summed E-state index contributed by atoms with van der Waals surface area (Å²) in [6, 6.07) is 10.1. The van der Waals surface area contributed by atoms with Gasteiger partial charge in [0.2, 0.25) is 0 Å². The van der Waals surface area contributed by atoms with Gasteiger partial charge in [0, 0.05) is 23.9 Å². The van der Waals surface area contributed by atoms with E-state index in [2.05, 4.69) is 4.98 Å². The molecule has 0 saturated heterocycles. The average molecular weight is 290 g/mol. The fraction of sp³-hybridized carbons (Fsp3) is 0.438. The first-order chi connectivity index (χ1) is 9.36. The van der Waals surface area contributed by atoms with Gasteiger partial charge in [-0.05, 0) is 5.41 Å². The van der Waals surface area contributed by atoms with Gasteiger partial charge in [0.1, 0.15) is 0 Å². The summed E-state index contributed by atoms with van der Waals surface area (Å²) >= 11 is 1.58. The van der Waals surface area contributed by atoms with Crippen LogP contribution in [0.3, 0.4) is 0 Å². The van der Waals surface area contributed by atoms with Crippen LogP contribution in [0, 0.1) is 5.41 Å². The predicted octanol–water partition coefficient (Wildman–Crippen LogP) is 3.09. The Hall–Kier alpha value is -1.23. The highest BCUT2D eigenvalue weighted by Gasteiger charge is 2.39. The van der Waals surface area contributed by atoms with Crippen molar-refractivity contribution in [2.24, 2.45) is 11.1 Å². The third kappa shape index (κ3) is 3.08. The Labute approximate surface area is 124 Å². The molecule has 2 aromatic rings. The van der Waals surface area contributed by atoms with Gasteiger partial charge < -0.3 is 10.8 Å². The fourth-order valence-corrected chi connectivity index (χ4v) is 2.94. The summed E-state index contributed by atoms with van der Waals surface area (Å²) in [5.74, 6) is 0. The van der Waals surface area contributed by atoms with E-state index >= 15 is 0 Å². The van der Waals surface area contributed by atoms with E-state index in [0.717, 1.165) is 16.3 Å². The Balaban J connectivity index is 2.22. The molecule has 0 spiro atoms. The first-order valence-corrected chi connectivity index (χ1v) is 7.66. The average Bonchev–Trinajstić information content (AvgIpc) is 2.86. The Morgan fingerprint density at radius 2 is 1.85 bits per heavy atom. The molecule has 0 aliphatic carbocycles. The van der Waals surface area contributed by atoms with Crippen LogP contribution < -0.4 is 5.73 Å². The molecule has 0 bridgehead atoms. The molecule has 0 amide bonds. The zero-order valence-electron chi connectivity index (χ0n) is 12.3. The van der Waals surface area contributed by atoms with Gasteiger partial charge in [0.15, 0.2) is 0 Å². The van der Waals surface area contributed by atoms with Crippen molar-refractivity contribution in [3.8, 4) is 11.3 Å². The zero-order valence-corrected chi connectivity index (χ0v) is 13.1. The largest absolute Gasteiger partial charge is 0.388 e. The van der Waals surface area contributed by atoms with Gasteiger partial charge in [-0.1, -0.05) is 51.1 Å². The Morgan fingerprint density at radius 1 is 1.20 bits per heavy atom. The molecule has 0 aliphatic rings. The highest BCUT2D eigenvalue weighted by Crippen LogP contribution is 2.34. The minimum absolute atomic E-state index is 0.233. The molecule has 3 nitrogen and oxygen atoms in total. The Bertz CT molecular complexity index is 559. The first-order valence-electron chi connectivity index (χ1n) is 6.78. The minimum atomic E-state index is -0.932. The number of nitrogens with zero attached hydrogens (tertiary/aromatic N) is 1. The molecule has 108 valence electrons. The number of benzene rings is 1. The van der Waals surface area contributed by atoms with Crippen LogP contribution in [-0.2, 0) is 6.42 Å². The van der Waals surface area contributed by atoms with E-state index in [0.29, 0.717) is 6.42 Å². The van der Waals surface area contributed by atoms with E-state index in [9.17, 15) is 5.11 Å². The molecular formula is C16H22N2OS. The lowest BCUT2D eigenvalue weighted by Gasteiger charge is -2.38. The highest BCUT2D eigenvalue weighted by molar-refractivity contribution is 7.09. The maximum atomic E-state index is 10.7. The van der Waals surface area contributed by atoms with Crippen molar-refractivity contribution >= 4 is 11.3 Å². The van der Waals surface area contributed by atoms with Crippen molar-refractivity contribution in [1.29, 1.82) is 0 Å². The summed E-state index contributed by atoms with van der Waals surface area (Å²) in [6.07, 6.45) is 0.491. The topological polar surface area (TPSA) is 59.1 Å². The summed E-state index contributed by atoms with van der Waals surface area (Å²) in [5, 5.41) is 13.7. The van der Waals surface area contributed by atoms with Crippen LogP contribution >= 0.6 is 11.3 Å². The number of hydrogen-bond acceptors (Lipinski definition) is 4. The SMILES string of the molecule is CC(C)(C)C(O)(CN)Cc1nc(-c2ccccc2)cs1. The van der Waals surface area contributed by atoms with Crippen LogP contribution in [0.1, 0.15) is 25.8 Å². The minimum Gasteiger partial charge on any atom is -0.388 e. The quantitative estimate of drug-likeness (QED) is 0.909. The van der Waals surface area contributed by atoms with E-state index in [1.165, 1.54) is 0 Å². The molecule has 1 aromatic heterocycles. The summed E-state index contributed by atoms with van der Waals surface area (Å²) in [4.78, 5) is 4.63. The van der Waals surface area contributed by atoms with Crippen LogP contribution in [-0.4, -0.2) is 22.2 Å². The molecule has 0 fully saturated rings. The molecule has 0 saturated carbocycles.